The Morgan fingerprint density at radius 1 is 0.917 bits per heavy atom. The molecule has 12 heteroatoms. The summed E-state index contributed by atoms with van der Waals surface area (Å²) in [6.45, 7) is 0. The van der Waals surface area contributed by atoms with Gasteiger partial charge in [0.2, 0.25) is 10.4 Å². The SMILES string of the molecule is O=S(=O)(O)O.O=S(=O)([O-])O.P.[K+]. The van der Waals surface area contributed by atoms with Crippen LogP contribution in [-0.2, 0) is 20.8 Å². The molecule has 72 valence electrons. The molecule has 0 aliphatic heterocycles. The molecular weight excluding hydrogens is 262 g/mol. The molecule has 0 bridgehead atoms. The molecule has 0 rings (SSSR count). The normalized spacial score (nSPS) is 9.67. The van der Waals surface area contributed by atoms with E-state index in [0.717, 1.165) is 0 Å². The molecule has 8 nitrogen and oxygen atoms in total. The summed E-state index contributed by atoms with van der Waals surface area (Å²) >= 11 is 0. The van der Waals surface area contributed by atoms with E-state index >= 15 is 0 Å². The summed E-state index contributed by atoms with van der Waals surface area (Å²) < 4.78 is 64.4. The second kappa shape index (κ2) is 9.36. The maximum atomic E-state index is 8.74. The fraction of sp³-hybridized carbons (Fsp3) is 0. The third-order valence-electron chi connectivity index (χ3n) is 0. The molecule has 0 spiro atoms. The van der Waals surface area contributed by atoms with Crippen LogP contribution < -0.4 is 51.4 Å². The van der Waals surface area contributed by atoms with Crippen LogP contribution in [0, 0.1) is 0 Å². The van der Waals surface area contributed by atoms with Crippen LogP contribution in [0.3, 0.4) is 0 Å². The van der Waals surface area contributed by atoms with Crippen LogP contribution in [0.5, 0.6) is 0 Å². The van der Waals surface area contributed by atoms with Gasteiger partial charge in [0, 0.05) is 0 Å². The van der Waals surface area contributed by atoms with Gasteiger partial charge >= 0.3 is 61.8 Å². The Hall–Kier alpha value is 1.81. The topological polar surface area (TPSA) is 152 Å². The Morgan fingerprint density at radius 2 is 0.917 bits per heavy atom. The van der Waals surface area contributed by atoms with Crippen molar-refractivity contribution in [2.24, 2.45) is 0 Å². The van der Waals surface area contributed by atoms with Crippen molar-refractivity contribution >= 4 is 30.7 Å². The second-order valence-corrected chi connectivity index (χ2v) is 2.63. The van der Waals surface area contributed by atoms with Crippen LogP contribution in [0.1, 0.15) is 0 Å². The Labute approximate surface area is 115 Å². The summed E-state index contributed by atoms with van der Waals surface area (Å²) in [5, 5.41) is 0. The van der Waals surface area contributed by atoms with Crippen LogP contribution in [0.15, 0.2) is 0 Å². The van der Waals surface area contributed by atoms with Gasteiger partial charge in [0.05, 0.1) is 0 Å². The maximum Gasteiger partial charge on any atom is 1.00 e. The van der Waals surface area contributed by atoms with Gasteiger partial charge in [0.25, 0.3) is 0 Å². The quantitative estimate of drug-likeness (QED) is 0.172. The largest absolute Gasteiger partial charge is 1.00 e. The minimum absolute atomic E-state index is 0. The molecule has 0 radical (unpaired) electrons. The van der Waals surface area contributed by atoms with Crippen molar-refractivity contribution in [2.45, 2.75) is 0 Å². The van der Waals surface area contributed by atoms with E-state index in [1.165, 1.54) is 0 Å². The molecule has 1 atom stereocenters. The summed E-state index contributed by atoms with van der Waals surface area (Å²) in [5.74, 6) is 0. The van der Waals surface area contributed by atoms with Crippen LogP contribution in [0.25, 0.3) is 0 Å². The average molecular weight is 268 g/mol. The third kappa shape index (κ3) is 423. The van der Waals surface area contributed by atoms with Crippen LogP contribution in [0.2, 0.25) is 0 Å². The van der Waals surface area contributed by atoms with Gasteiger partial charge in [0.15, 0.2) is 0 Å². The smallest absolute Gasteiger partial charge is 0.726 e. The first-order valence-electron chi connectivity index (χ1n) is 1.38. The first kappa shape index (κ1) is 23.5. The predicted molar refractivity (Wildman–Crippen MR) is 37.6 cm³/mol. The van der Waals surface area contributed by atoms with Crippen molar-refractivity contribution in [1.82, 2.24) is 0 Å². The van der Waals surface area contributed by atoms with Crippen molar-refractivity contribution in [3.05, 3.63) is 0 Å². The fourth-order valence-electron chi connectivity index (χ4n) is 0. The summed E-state index contributed by atoms with van der Waals surface area (Å²) in [5.41, 5.74) is 0. The molecule has 0 heterocycles. The fourth-order valence-corrected chi connectivity index (χ4v) is 0. The Kier molecular flexibility index (Phi) is 18.4. The van der Waals surface area contributed by atoms with E-state index in [0.29, 0.717) is 0 Å². The van der Waals surface area contributed by atoms with Gasteiger partial charge in [-0.3, -0.25) is 13.7 Å². The molecule has 1 unspecified atom stereocenters. The van der Waals surface area contributed by atoms with Crippen LogP contribution in [-0.4, -0.2) is 35.0 Å². The minimum atomic E-state index is -4.92. The molecule has 3 N–H and O–H groups in total. The number of hydrogen-bond donors (Lipinski definition) is 3. The molecule has 0 saturated carbocycles. The number of rotatable bonds is 0. The van der Waals surface area contributed by atoms with E-state index in [4.69, 9.17) is 35.0 Å². The first-order valence-corrected chi connectivity index (χ1v) is 4.14. The van der Waals surface area contributed by atoms with Gasteiger partial charge < -0.3 is 4.55 Å². The Balaban J connectivity index is -0.0000000457. The van der Waals surface area contributed by atoms with E-state index in [9.17, 15) is 0 Å². The van der Waals surface area contributed by atoms with Gasteiger partial charge in [-0.05, 0) is 0 Å². The predicted octanol–water partition coefficient (Wildman–Crippen LogP) is -4.59. The van der Waals surface area contributed by atoms with E-state index in [-0.39, 0.29) is 61.3 Å². The molecule has 0 aromatic carbocycles. The van der Waals surface area contributed by atoms with E-state index in [1.807, 2.05) is 0 Å². The van der Waals surface area contributed by atoms with Crippen LogP contribution >= 0.6 is 9.90 Å². The van der Waals surface area contributed by atoms with Gasteiger partial charge in [-0.1, -0.05) is 0 Å². The molecule has 0 aromatic heterocycles. The van der Waals surface area contributed by atoms with Crippen molar-refractivity contribution in [3.8, 4) is 0 Å². The maximum absolute atomic E-state index is 8.74. The van der Waals surface area contributed by atoms with Gasteiger partial charge in [-0.15, -0.1) is 0 Å². The minimum Gasteiger partial charge on any atom is -0.726 e. The zero-order valence-corrected chi connectivity index (χ0v) is 12.1. The second-order valence-electron chi connectivity index (χ2n) is 0.876. The van der Waals surface area contributed by atoms with E-state index in [1.54, 1.807) is 0 Å². The molecule has 0 aromatic rings. The van der Waals surface area contributed by atoms with E-state index < -0.39 is 20.8 Å². The van der Waals surface area contributed by atoms with Gasteiger partial charge in [-0.25, -0.2) is 8.42 Å². The van der Waals surface area contributed by atoms with Crippen molar-refractivity contribution < 1.29 is 86.4 Å². The van der Waals surface area contributed by atoms with Crippen molar-refractivity contribution in [3.63, 3.8) is 0 Å². The van der Waals surface area contributed by atoms with Crippen LogP contribution in [0.4, 0.5) is 0 Å². The summed E-state index contributed by atoms with van der Waals surface area (Å²) in [6, 6.07) is 0. The molecule has 0 aliphatic carbocycles. The third-order valence-corrected chi connectivity index (χ3v) is 0. The van der Waals surface area contributed by atoms with Crippen molar-refractivity contribution in [1.29, 1.82) is 0 Å². The van der Waals surface area contributed by atoms with Crippen molar-refractivity contribution in [2.75, 3.05) is 0 Å². The first-order chi connectivity index (χ1) is 4.00. The molecular formula is H6KO8PS2. The summed E-state index contributed by atoms with van der Waals surface area (Å²) in [6.07, 6.45) is 0. The van der Waals surface area contributed by atoms with Gasteiger partial charge in [0.1, 0.15) is 0 Å². The summed E-state index contributed by atoms with van der Waals surface area (Å²) in [4.78, 5) is 0. The zero-order valence-electron chi connectivity index (χ0n) is 5.91. The number of hydrogen-bond acceptors (Lipinski definition) is 5. The Bertz CT molecular complexity index is 213. The average Bonchev–Trinajstić information content (AvgIpc) is 1.12. The monoisotopic (exact) mass is 268 g/mol. The molecule has 12 heavy (non-hydrogen) atoms. The standard InChI is InChI=1S/K.2H2O4S.H3P/c;2*1-5(2,3)4;/h;2*(H2,1,2,3,4);1H3/q+1;;;/p-1. The Morgan fingerprint density at radius 3 is 0.917 bits per heavy atom. The molecule has 0 amide bonds. The molecule has 0 fully saturated rings. The zero-order chi connectivity index (χ0) is 9.00. The van der Waals surface area contributed by atoms with E-state index in [2.05, 4.69) is 0 Å². The molecule has 0 saturated heterocycles. The molecule has 0 aliphatic rings. The summed E-state index contributed by atoms with van der Waals surface area (Å²) in [7, 11) is -9.58. The van der Waals surface area contributed by atoms with Gasteiger partial charge in [-0.2, -0.15) is 18.3 Å².